The van der Waals surface area contributed by atoms with Crippen LogP contribution in [0.2, 0.25) is 0 Å². The monoisotopic (exact) mass is 342 g/mol. The SMILES string of the molecule is N#Cc1ccc([N+](=O)[O-])c(N[C@H]2CC[C@@H](C(=O)N3CCCCC3)C2)c1. The van der Waals surface area contributed by atoms with Crippen LogP contribution in [0.1, 0.15) is 44.1 Å². The lowest BCUT2D eigenvalue weighted by Crippen LogP contribution is -2.39. The highest BCUT2D eigenvalue weighted by molar-refractivity contribution is 5.79. The maximum absolute atomic E-state index is 12.6. The van der Waals surface area contributed by atoms with Crippen LogP contribution >= 0.6 is 0 Å². The van der Waals surface area contributed by atoms with Gasteiger partial charge in [0, 0.05) is 31.1 Å². The average Bonchev–Trinajstić information content (AvgIpc) is 3.10. The average molecular weight is 342 g/mol. The molecule has 1 aromatic rings. The molecule has 1 N–H and O–H groups in total. The normalized spacial score (nSPS) is 23.1. The predicted octanol–water partition coefficient (Wildman–Crippen LogP) is 3.06. The van der Waals surface area contributed by atoms with Gasteiger partial charge in [0.25, 0.3) is 5.69 Å². The molecule has 2 atom stereocenters. The van der Waals surface area contributed by atoms with Crippen molar-refractivity contribution >= 4 is 17.3 Å². The Labute approximate surface area is 146 Å². The molecular weight excluding hydrogens is 320 g/mol. The minimum Gasteiger partial charge on any atom is -0.377 e. The van der Waals surface area contributed by atoms with E-state index in [0.717, 1.165) is 38.8 Å². The summed E-state index contributed by atoms with van der Waals surface area (Å²) in [4.78, 5) is 25.3. The highest BCUT2D eigenvalue weighted by Crippen LogP contribution is 2.33. The first-order valence-corrected chi connectivity index (χ1v) is 8.82. The molecule has 2 aliphatic rings. The lowest BCUT2D eigenvalue weighted by atomic mass is 10.0. The van der Waals surface area contributed by atoms with E-state index in [4.69, 9.17) is 5.26 Å². The van der Waals surface area contributed by atoms with Crippen LogP contribution in [0.15, 0.2) is 18.2 Å². The molecule has 0 unspecified atom stereocenters. The summed E-state index contributed by atoms with van der Waals surface area (Å²) in [6.07, 6.45) is 5.64. The summed E-state index contributed by atoms with van der Waals surface area (Å²) in [5, 5.41) is 23.4. The highest BCUT2D eigenvalue weighted by atomic mass is 16.6. The summed E-state index contributed by atoms with van der Waals surface area (Å²) in [5.74, 6) is 0.220. The molecule has 1 saturated heterocycles. The Morgan fingerprint density at radius 1 is 1.28 bits per heavy atom. The van der Waals surface area contributed by atoms with E-state index in [9.17, 15) is 14.9 Å². The molecule has 0 radical (unpaired) electrons. The molecule has 0 bridgehead atoms. The number of hydrogen-bond acceptors (Lipinski definition) is 5. The Bertz CT molecular complexity index is 707. The van der Waals surface area contributed by atoms with Gasteiger partial charge >= 0.3 is 0 Å². The van der Waals surface area contributed by atoms with Crippen LogP contribution in [-0.2, 0) is 4.79 Å². The maximum atomic E-state index is 12.6. The first-order valence-electron chi connectivity index (χ1n) is 8.82. The van der Waals surface area contributed by atoms with Gasteiger partial charge in [0.2, 0.25) is 5.91 Å². The smallest absolute Gasteiger partial charge is 0.292 e. The van der Waals surface area contributed by atoms with Crippen LogP contribution in [0.5, 0.6) is 0 Å². The third-order valence-electron chi connectivity index (χ3n) is 5.13. The van der Waals surface area contributed by atoms with Gasteiger partial charge in [-0.15, -0.1) is 0 Å². The summed E-state index contributed by atoms with van der Waals surface area (Å²) in [5.41, 5.74) is 0.706. The second kappa shape index (κ2) is 7.51. The fraction of sp³-hybridized carbons (Fsp3) is 0.556. The molecule has 7 heteroatoms. The van der Waals surface area contributed by atoms with Crippen molar-refractivity contribution in [3.63, 3.8) is 0 Å². The van der Waals surface area contributed by atoms with Gasteiger partial charge in [-0.05, 0) is 50.7 Å². The molecule has 2 fully saturated rings. The molecule has 132 valence electrons. The largest absolute Gasteiger partial charge is 0.377 e. The molecule has 1 amide bonds. The van der Waals surface area contributed by atoms with Crippen molar-refractivity contribution in [1.29, 1.82) is 5.26 Å². The summed E-state index contributed by atoms with van der Waals surface area (Å²) < 4.78 is 0. The van der Waals surface area contributed by atoms with Gasteiger partial charge < -0.3 is 10.2 Å². The van der Waals surface area contributed by atoms with Gasteiger partial charge in [-0.2, -0.15) is 5.26 Å². The molecule has 25 heavy (non-hydrogen) atoms. The summed E-state index contributed by atoms with van der Waals surface area (Å²) in [6.45, 7) is 1.70. The maximum Gasteiger partial charge on any atom is 0.292 e. The Balaban J connectivity index is 1.66. The number of carbonyl (C=O) groups excluding carboxylic acids is 1. The van der Waals surface area contributed by atoms with Crippen LogP contribution in [0.3, 0.4) is 0 Å². The molecule has 7 nitrogen and oxygen atoms in total. The van der Waals surface area contributed by atoms with Crippen molar-refractivity contribution in [1.82, 2.24) is 4.90 Å². The number of nitrogens with one attached hydrogen (secondary N) is 1. The molecule has 0 aromatic heterocycles. The summed E-state index contributed by atoms with van der Waals surface area (Å²) in [6, 6.07) is 6.34. The Hall–Kier alpha value is -2.62. The minimum atomic E-state index is -0.450. The summed E-state index contributed by atoms with van der Waals surface area (Å²) >= 11 is 0. The van der Waals surface area contributed by atoms with E-state index in [2.05, 4.69) is 5.32 Å². The molecule has 3 rings (SSSR count). The number of likely N-dealkylation sites (tertiary alicyclic amines) is 1. The molecule has 1 heterocycles. The van der Waals surface area contributed by atoms with E-state index < -0.39 is 4.92 Å². The number of nitro benzene ring substituents is 1. The topological polar surface area (TPSA) is 99.3 Å². The zero-order chi connectivity index (χ0) is 17.8. The highest BCUT2D eigenvalue weighted by Gasteiger charge is 2.33. The minimum absolute atomic E-state index is 0.00574. The van der Waals surface area contributed by atoms with Crippen molar-refractivity contribution in [2.45, 2.75) is 44.6 Å². The van der Waals surface area contributed by atoms with Crippen molar-refractivity contribution in [2.75, 3.05) is 18.4 Å². The number of rotatable bonds is 4. The first kappa shape index (κ1) is 17.2. The number of carbonyl (C=O) groups is 1. The Morgan fingerprint density at radius 3 is 2.72 bits per heavy atom. The molecule has 1 aliphatic carbocycles. The van der Waals surface area contributed by atoms with E-state index >= 15 is 0 Å². The molecular formula is C18H22N4O3. The van der Waals surface area contributed by atoms with Crippen molar-refractivity contribution in [3.8, 4) is 6.07 Å². The molecule has 1 aromatic carbocycles. The number of piperidine rings is 1. The number of nitriles is 1. The quantitative estimate of drug-likeness (QED) is 0.669. The van der Waals surface area contributed by atoms with Crippen LogP contribution < -0.4 is 5.32 Å². The zero-order valence-electron chi connectivity index (χ0n) is 14.1. The summed E-state index contributed by atoms with van der Waals surface area (Å²) in [7, 11) is 0. The Morgan fingerprint density at radius 2 is 2.04 bits per heavy atom. The predicted molar refractivity (Wildman–Crippen MR) is 93.0 cm³/mol. The number of nitro groups is 1. The number of nitrogens with zero attached hydrogens (tertiary/aromatic N) is 3. The van der Waals surface area contributed by atoms with E-state index in [1.54, 1.807) is 0 Å². The zero-order valence-corrected chi connectivity index (χ0v) is 14.1. The second-order valence-corrected chi connectivity index (χ2v) is 6.84. The number of benzene rings is 1. The lowest BCUT2D eigenvalue weighted by Gasteiger charge is -2.29. The van der Waals surface area contributed by atoms with Gasteiger partial charge in [-0.1, -0.05) is 0 Å². The van der Waals surface area contributed by atoms with Gasteiger partial charge in [-0.25, -0.2) is 0 Å². The van der Waals surface area contributed by atoms with Crippen molar-refractivity contribution in [3.05, 3.63) is 33.9 Å². The van der Waals surface area contributed by atoms with Crippen LogP contribution in [0.25, 0.3) is 0 Å². The molecule has 1 saturated carbocycles. The number of amides is 1. The van der Waals surface area contributed by atoms with Crippen LogP contribution in [-0.4, -0.2) is 34.9 Å². The molecule has 1 aliphatic heterocycles. The lowest BCUT2D eigenvalue weighted by molar-refractivity contribution is -0.384. The fourth-order valence-corrected chi connectivity index (χ4v) is 3.81. The van der Waals surface area contributed by atoms with Crippen molar-refractivity contribution in [2.24, 2.45) is 5.92 Å². The van der Waals surface area contributed by atoms with Crippen LogP contribution in [0.4, 0.5) is 11.4 Å². The number of anilines is 1. The van der Waals surface area contributed by atoms with Crippen molar-refractivity contribution < 1.29 is 9.72 Å². The fourth-order valence-electron chi connectivity index (χ4n) is 3.81. The van der Waals surface area contributed by atoms with E-state index in [-0.39, 0.29) is 23.6 Å². The van der Waals surface area contributed by atoms with E-state index in [1.165, 1.54) is 24.6 Å². The van der Waals surface area contributed by atoms with Gasteiger partial charge in [0.15, 0.2) is 0 Å². The van der Waals surface area contributed by atoms with Crippen LogP contribution in [0, 0.1) is 27.4 Å². The second-order valence-electron chi connectivity index (χ2n) is 6.84. The first-order chi connectivity index (χ1) is 12.1. The van der Waals surface area contributed by atoms with Gasteiger partial charge in [0.05, 0.1) is 16.6 Å². The third-order valence-corrected chi connectivity index (χ3v) is 5.13. The third kappa shape index (κ3) is 3.90. The Kier molecular flexibility index (Phi) is 5.17. The van der Waals surface area contributed by atoms with E-state index in [0.29, 0.717) is 17.7 Å². The van der Waals surface area contributed by atoms with E-state index in [1.807, 2.05) is 11.0 Å². The van der Waals surface area contributed by atoms with Gasteiger partial charge in [0.1, 0.15) is 5.69 Å². The van der Waals surface area contributed by atoms with Gasteiger partial charge in [-0.3, -0.25) is 14.9 Å². The standard InChI is InChI=1S/C18H22N4O3/c19-12-13-4-7-17(22(24)25)16(10-13)20-15-6-5-14(11-15)18(23)21-8-2-1-3-9-21/h4,7,10,14-15,20H,1-3,5-6,8-9,11H2/t14-,15+/m1/s1. The number of hydrogen-bond donors (Lipinski definition) is 1. The molecule has 0 spiro atoms.